The maximum atomic E-state index is 12.2. The fourth-order valence-corrected chi connectivity index (χ4v) is 2.86. The molecule has 4 heteroatoms. The van der Waals surface area contributed by atoms with Crippen molar-refractivity contribution in [1.29, 1.82) is 0 Å². The number of benzene rings is 2. The van der Waals surface area contributed by atoms with Crippen molar-refractivity contribution in [1.82, 2.24) is 0 Å². The summed E-state index contributed by atoms with van der Waals surface area (Å²) in [5.74, 6) is 0. The van der Waals surface area contributed by atoms with Gasteiger partial charge >= 0.3 is 0 Å². The van der Waals surface area contributed by atoms with Crippen LogP contribution in [0.1, 0.15) is 0 Å². The summed E-state index contributed by atoms with van der Waals surface area (Å²) >= 11 is 0. The molecule has 2 aromatic carbocycles. The van der Waals surface area contributed by atoms with Crippen LogP contribution in [-0.2, 0) is 24.0 Å². The van der Waals surface area contributed by atoms with E-state index in [9.17, 15) is 9.46 Å². The third-order valence-corrected chi connectivity index (χ3v) is 4.21. The Hall–Kier alpha value is -0.747. The van der Waals surface area contributed by atoms with E-state index in [1.54, 1.807) is 48.5 Å². The van der Waals surface area contributed by atoms with Crippen molar-refractivity contribution in [2.45, 2.75) is 0 Å². The fraction of sp³-hybridized carbons (Fsp3) is 0. The molecular weight excluding hydrogens is 272 g/mol. The van der Waals surface area contributed by atoms with Crippen LogP contribution in [0.4, 0.5) is 0 Å². The molecule has 78 valence electrons. The Balaban J connectivity index is 0.00000128. The number of hydrogen-bond acceptors (Lipinski definition) is 1. The zero-order valence-corrected chi connectivity index (χ0v) is 12.6. The third kappa shape index (κ3) is 2.68. The molecule has 0 amide bonds. The second-order valence-corrected chi connectivity index (χ2v) is 5.43. The standard InChI is InChI=1S/C12H11O2P.Zn/c13-15(14,11-7-3-1-4-8-11)12-9-5-2-6-10-12;/h1-10H,(H,13,14);. The van der Waals surface area contributed by atoms with E-state index in [-0.39, 0.29) is 19.5 Å². The van der Waals surface area contributed by atoms with Crippen LogP contribution in [0.15, 0.2) is 60.7 Å². The van der Waals surface area contributed by atoms with Crippen molar-refractivity contribution in [3.63, 3.8) is 0 Å². The van der Waals surface area contributed by atoms with Crippen molar-refractivity contribution in [2.24, 2.45) is 0 Å². The summed E-state index contributed by atoms with van der Waals surface area (Å²) in [6.45, 7) is 0. The Bertz CT molecular complexity index is 441. The normalized spacial score (nSPS) is 10.6. The first-order valence-corrected chi connectivity index (χ1v) is 6.31. The van der Waals surface area contributed by atoms with E-state index < -0.39 is 7.37 Å². The van der Waals surface area contributed by atoms with Crippen LogP contribution in [0.25, 0.3) is 0 Å². The molecule has 0 fully saturated rings. The minimum Gasteiger partial charge on any atom is -0.338 e. The van der Waals surface area contributed by atoms with Crippen LogP contribution >= 0.6 is 7.37 Å². The Morgan fingerprint density at radius 3 is 1.38 bits per heavy atom. The zero-order chi connectivity index (χ0) is 10.7. The maximum Gasteiger partial charge on any atom is 0.258 e. The van der Waals surface area contributed by atoms with Crippen LogP contribution in [0.2, 0.25) is 0 Å². The summed E-state index contributed by atoms with van der Waals surface area (Å²) in [5.41, 5.74) is 0. The van der Waals surface area contributed by atoms with Gasteiger partial charge in [-0.25, -0.2) is 0 Å². The molecule has 0 radical (unpaired) electrons. The van der Waals surface area contributed by atoms with E-state index in [2.05, 4.69) is 0 Å². The van der Waals surface area contributed by atoms with Crippen LogP contribution in [0, 0.1) is 0 Å². The molecule has 0 atom stereocenters. The predicted molar refractivity (Wildman–Crippen MR) is 62.0 cm³/mol. The smallest absolute Gasteiger partial charge is 0.258 e. The average Bonchev–Trinajstić information content (AvgIpc) is 2.31. The summed E-state index contributed by atoms with van der Waals surface area (Å²) in [5, 5.41) is 0.937. The molecule has 2 rings (SSSR count). The van der Waals surface area contributed by atoms with Gasteiger partial charge in [0.1, 0.15) is 0 Å². The van der Waals surface area contributed by atoms with Gasteiger partial charge in [0.25, 0.3) is 7.37 Å². The van der Waals surface area contributed by atoms with Crippen molar-refractivity contribution < 1.29 is 28.9 Å². The molecule has 2 nitrogen and oxygen atoms in total. The summed E-state index contributed by atoms with van der Waals surface area (Å²) in [6, 6.07) is 17.4. The van der Waals surface area contributed by atoms with Gasteiger partial charge in [0.15, 0.2) is 0 Å². The first-order chi connectivity index (χ1) is 7.21. The number of hydrogen-bond donors (Lipinski definition) is 1. The van der Waals surface area contributed by atoms with Gasteiger partial charge in [-0.05, 0) is 24.3 Å². The van der Waals surface area contributed by atoms with E-state index in [1.165, 1.54) is 0 Å². The Morgan fingerprint density at radius 1 is 0.750 bits per heavy atom. The molecule has 0 bridgehead atoms. The topological polar surface area (TPSA) is 37.3 Å². The second-order valence-electron chi connectivity index (χ2n) is 3.25. The zero-order valence-electron chi connectivity index (χ0n) is 8.78. The SMILES string of the molecule is O=P(O)(c1ccccc1)c1ccccc1.[Zn]. The molecule has 0 unspecified atom stereocenters. The summed E-state index contributed by atoms with van der Waals surface area (Å²) in [4.78, 5) is 10.0. The summed E-state index contributed by atoms with van der Waals surface area (Å²) in [6.07, 6.45) is 0. The molecule has 0 heterocycles. The predicted octanol–water partition coefficient (Wildman–Crippen LogP) is 1.91. The van der Waals surface area contributed by atoms with Gasteiger partial charge < -0.3 is 4.89 Å². The van der Waals surface area contributed by atoms with Crippen LogP contribution in [0.5, 0.6) is 0 Å². The molecule has 0 saturated heterocycles. The van der Waals surface area contributed by atoms with Crippen molar-refractivity contribution in [3.8, 4) is 0 Å². The third-order valence-electron chi connectivity index (χ3n) is 2.21. The molecule has 0 aliphatic heterocycles. The minimum absolute atomic E-state index is 0. The van der Waals surface area contributed by atoms with Crippen LogP contribution < -0.4 is 10.6 Å². The molecule has 0 aromatic heterocycles. The van der Waals surface area contributed by atoms with Gasteiger partial charge in [0.05, 0.1) is 0 Å². The fourth-order valence-electron chi connectivity index (χ4n) is 1.41. The van der Waals surface area contributed by atoms with E-state index >= 15 is 0 Å². The van der Waals surface area contributed by atoms with Crippen molar-refractivity contribution in [3.05, 3.63) is 60.7 Å². The van der Waals surface area contributed by atoms with Gasteiger partial charge in [-0.3, -0.25) is 4.57 Å². The monoisotopic (exact) mass is 282 g/mol. The van der Waals surface area contributed by atoms with Crippen molar-refractivity contribution in [2.75, 3.05) is 0 Å². The Labute approximate surface area is 108 Å². The first-order valence-electron chi connectivity index (χ1n) is 4.65. The van der Waals surface area contributed by atoms with E-state index in [1.807, 2.05) is 12.1 Å². The van der Waals surface area contributed by atoms with Crippen LogP contribution in [-0.4, -0.2) is 4.89 Å². The molecule has 0 aliphatic rings. The largest absolute Gasteiger partial charge is 0.338 e. The quantitative estimate of drug-likeness (QED) is 0.675. The maximum absolute atomic E-state index is 12.2. The summed E-state index contributed by atoms with van der Waals surface area (Å²) < 4.78 is 12.2. The van der Waals surface area contributed by atoms with E-state index in [4.69, 9.17) is 0 Å². The van der Waals surface area contributed by atoms with Crippen LogP contribution in [0.3, 0.4) is 0 Å². The Kier molecular flexibility index (Phi) is 4.61. The molecule has 2 aromatic rings. The van der Waals surface area contributed by atoms with E-state index in [0.29, 0.717) is 10.6 Å². The van der Waals surface area contributed by atoms with Gasteiger partial charge in [-0.15, -0.1) is 0 Å². The van der Waals surface area contributed by atoms with Crippen molar-refractivity contribution >= 4 is 18.0 Å². The van der Waals surface area contributed by atoms with Gasteiger partial charge in [-0.2, -0.15) is 0 Å². The minimum atomic E-state index is -3.40. The Morgan fingerprint density at radius 2 is 1.06 bits per heavy atom. The molecule has 0 saturated carbocycles. The molecule has 0 spiro atoms. The molecule has 1 N–H and O–H groups in total. The van der Waals surface area contributed by atoms with Gasteiger partial charge in [0.2, 0.25) is 0 Å². The van der Waals surface area contributed by atoms with Gasteiger partial charge in [0, 0.05) is 30.1 Å². The van der Waals surface area contributed by atoms with E-state index in [0.717, 1.165) is 0 Å². The first kappa shape index (κ1) is 13.3. The summed E-state index contributed by atoms with van der Waals surface area (Å²) in [7, 11) is -3.40. The number of rotatable bonds is 2. The van der Waals surface area contributed by atoms with Gasteiger partial charge in [-0.1, -0.05) is 36.4 Å². The average molecular weight is 284 g/mol. The molecule has 16 heavy (non-hydrogen) atoms. The second kappa shape index (κ2) is 5.54. The molecular formula is C12H11O2PZn. The molecule has 0 aliphatic carbocycles.